The molecule has 0 saturated carbocycles. The molecule has 0 saturated heterocycles. The van der Waals surface area contributed by atoms with Gasteiger partial charge in [0.2, 0.25) is 5.95 Å². The van der Waals surface area contributed by atoms with Gasteiger partial charge in [0.15, 0.2) is 0 Å². The Morgan fingerprint density at radius 1 is 1.46 bits per heavy atom. The molecule has 0 fully saturated rings. The highest BCUT2D eigenvalue weighted by Gasteiger charge is 2.04. The van der Waals surface area contributed by atoms with Crippen molar-refractivity contribution in [3.63, 3.8) is 0 Å². The average molecular weight is 356 g/mol. The predicted octanol–water partition coefficient (Wildman–Crippen LogP) is 2.30. The first-order valence-electron chi connectivity index (χ1n) is 4.06. The topological polar surface area (TPSA) is 29.0 Å². The van der Waals surface area contributed by atoms with Gasteiger partial charge in [0, 0.05) is 34.4 Å². The molecular weight excluding hydrogens is 345 g/mol. The standard InChI is InChI=1S/C8H11BrIN3/c1-2-13(4-3-9)8-11-5-7(10)6-12-8/h5-6H,2-4H2,1H3. The van der Waals surface area contributed by atoms with Crippen LogP contribution in [0.3, 0.4) is 0 Å². The highest BCUT2D eigenvalue weighted by atomic mass is 127. The zero-order valence-corrected chi connectivity index (χ0v) is 11.1. The van der Waals surface area contributed by atoms with Gasteiger partial charge in [0.05, 0.1) is 0 Å². The minimum Gasteiger partial charge on any atom is -0.340 e. The van der Waals surface area contributed by atoms with Crippen molar-refractivity contribution in [3.05, 3.63) is 16.0 Å². The molecule has 0 aliphatic carbocycles. The van der Waals surface area contributed by atoms with E-state index in [0.717, 1.165) is 27.9 Å². The molecule has 72 valence electrons. The maximum absolute atomic E-state index is 4.25. The Bertz CT molecular complexity index is 252. The first kappa shape index (κ1) is 11.2. The van der Waals surface area contributed by atoms with E-state index in [-0.39, 0.29) is 0 Å². The van der Waals surface area contributed by atoms with Crippen molar-refractivity contribution in [3.8, 4) is 0 Å². The number of rotatable bonds is 4. The van der Waals surface area contributed by atoms with Crippen molar-refractivity contribution in [1.29, 1.82) is 0 Å². The molecule has 0 atom stereocenters. The Balaban J connectivity index is 2.73. The van der Waals surface area contributed by atoms with Gasteiger partial charge in [-0.1, -0.05) is 15.9 Å². The van der Waals surface area contributed by atoms with E-state index in [4.69, 9.17) is 0 Å². The SMILES string of the molecule is CCN(CCBr)c1ncc(I)cn1. The third-order valence-corrected chi connectivity index (χ3v) is 2.54. The van der Waals surface area contributed by atoms with Crippen molar-refractivity contribution in [2.24, 2.45) is 0 Å². The van der Waals surface area contributed by atoms with Crippen LogP contribution in [0.4, 0.5) is 5.95 Å². The molecule has 0 radical (unpaired) electrons. The van der Waals surface area contributed by atoms with E-state index in [2.05, 4.69) is 60.3 Å². The largest absolute Gasteiger partial charge is 0.340 e. The van der Waals surface area contributed by atoms with Crippen LogP contribution in [0.25, 0.3) is 0 Å². The Hall–Kier alpha value is 0.0900. The van der Waals surface area contributed by atoms with Crippen LogP contribution in [0.15, 0.2) is 12.4 Å². The Morgan fingerprint density at radius 3 is 2.54 bits per heavy atom. The fourth-order valence-corrected chi connectivity index (χ4v) is 1.68. The summed E-state index contributed by atoms with van der Waals surface area (Å²) >= 11 is 5.60. The molecule has 3 nitrogen and oxygen atoms in total. The van der Waals surface area contributed by atoms with Crippen molar-refractivity contribution in [1.82, 2.24) is 9.97 Å². The van der Waals surface area contributed by atoms with E-state index in [1.165, 1.54) is 0 Å². The second-order valence-corrected chi connectivity index (χ2v) is 4.51. The fraction of sp³-hybridized carbons (Fsp3) is 0.500. The lowest BCUT2D eigenvalue weighted by Crippen LogP contribution is -2.26. The summed E-state index contributed by atoms with van der Waals surface area (Å²) < 4.78 is 1.07. The van der Waals surface area contributed by atoms with Crippen LogP contribution >= 0.6 is 38.5 Å². The van der Waals surface area contributed by atoms with Gasteiger partial charge in [-0.05, 0) is 29.5 Å². The van der Waals surface area contributed by atoms with Crippen LogP contribution in [0.2, 0.25) is 0 Å². The first-order valence-corrected chi connectivity index (χ1v) is 6.26. The van der Waals surface area contributed by atoms with E-state index in [1.54, 1.807) is 0 Å². The summed E-state index contributed by atoms with van der Waals surface area (Å²) in [7, 11) is 0. The fourth-order valence-electron chi connectivity index (χ4n) is 0.970. The van der Waals surface area contributed by atoms with Crippen molar-refractivity contribution >= 4 is 44.5 Å². The minimum absolute atomic E-state index is 0.808. The van der Waals surface area contributed by atoms with Gasteiger partial charge < -0.3 is 4.90 Å². The van der Waals surface area contributed by atoms with E-state index >= 15 is 0 Å². The lowest BCUT2D eigenvalue weighted by atomic mass is 10.5. The van der Waals surface area contributed by atoms with Gasteiger partial charge in [-0.3, -0.25) is 0 Å². The number of halogens is 2. The molecule has 0 aliphatic rings. The van der Waals surface area contributed by atoms with Gasteiger partial charge >= 0.3 is 0 Å². The molecule has 0 bridgehead atoms. The smallest absolute Gasteiger partial charge is 0.225 e. The van der Waals surface area contributed by atoms with E-state index < -0.39 is 0 Å². The molecule has 13 heavy (non-hydrogen) atoms. The molecule has 1 aromatic rings. The second kappa shape index (κ2) is 5.74. The quantitative estimate of drug-likeness (QED) is 0.613. The van der Waals surface area contributed by atoms with Crippen LogP contribution < -0.4 is 4.90 Å². The zero-order chi connectivity index (χ0) is 9.68. The van der Waals surface area contributed by atoms with Crippen LogP contribution in [0.5, 0.6) is 0 Å². The van der Waals surface area contributed by atoms with Crippen LogP contribution in [-0.2, 0) is 0 Å². The third kappa shape index (κ3) is 3.38. The first-order chi connectivity index (χ1) is 6.27. The molecule has 1 heterocycles. The lowest BCUT2D eigenvalue weighted by molar-refractivity contribution is 0.827. The minimum atomic E-state index is 0.808. The third-order valence-electron chi connectivity index (χ3n) is 1.63. The van der Waals surface area contributed by atoms with E-state index in [9.17, 15) is 0 Å². The Kier molecular flexibility index (Phi) is 4.93. The normalized spacial score (nSPS) is 10.1. The van der Waals surface area contributed by atoms with Crippen LogP contribution in [0, 0.1) is 3.57 Å². The number of aromatic nitrogens is 2. The lowest BCUT2D eigenvalue weighted by Gasteiger charge is -2.18. The molecule has 5 heteroatoms. The molecule has 1 aromatic heterocycles. The summed E-state index contributed by atoms with van der Waals surface area (Å²) in [5, 5.41) is 0.941. The number of hydrogen-bond acceptors (Lipinski definition) is 3. The molecule has 0 spiro atoms. The van der Waals surface area contributed by atoms with E-state index in [0.29, 0.717) is 0 Å². The Labute approximate surface area is 100 Å². The van der Waals surface area contributed by atoms with Gasteiger partial charge in [-0.25, -0.2) is 9.97 Å². The summed E-state index contributed by atoms with van der Waals surface area (Å²) in [4.78, 5) is 10.6. The molecule has 0 aliphatic heterocycles. The number of alkyl halides is 1. The predicted molar refractivity (Wildman–Crippen MR) is 66.4 cm³/mol. The van der Waals surface area contributed by atoms with Crippen molar-refractivity contribution in [2.45, 2.75) is 6.92 Å². The van der Waals surface area contributed by atoms with E-state index in [1.807, 2.05) is 12.4 Å². The zero-order valence-electron chi connectivity index (χ0n) is 7.37. The molecule has 0 unspecified atom stereocenters. The maximum Gasteiger partial charge on any atom is 0.225 e. The number of anilines is 1. The number of nitrogens with zero attached hydrogens (tertiary/aromatic N) is 3. The summed E-state index contributed by atoms with van der Waals surface area (Å²) in [5.41, 5.74) is 0. The molecular formula is C8H11BrIN3. The Morgan fingerprint density at radius 2 is 2.08 bits per heavy atom. The van der Waals surface area contributed by atoms with Crippen LogP contribution in [-0.4, -0.2) is 28.4 Å². The van der Waals surface area contributed by atoms with Crippen LogP contribution in [0.1, 0.15) is 6.92 Å². The summed E-state index contributed by atoms with van der Waals surface area (Å²) in [5.74, 6) is 0.808. The second-order valence-electron chi connectivity index (χ2n) is 2.47. The monoisotopic (exact) mass is 355 g/mol. The molecule has 0 aromatic carbocycles. The summed E-state index contributed by atoms with van der Waals surface area (Å²) in [6.07, 6.45) is 3.67. The average Bonchev–Trinajstić information content (AvgIpc) is 2.16. The molecule has 0 amide bonds. The van der Waals surface area contributed by atoms with Gasteiger partial charge in [-0.15, -0.1) is 0 Å². The number of hydrogen-bond donors (Lipinski definition) is 0. The highest BCUT2D eigenvalue weighted by Crippen LogP contribution is 2.08. The highest BCUT2D eigenvalue weighted by molar-refractivity contribution is 14.1. The molecule has 1 rings (SSSR count). The van der Waals surface area contributed by atoms with Gasteiger partial charge in [-0.2, -0.15) is 0 Å². The summed E-state index contributed by atoms with van der Waals surface area (Å²) in [6.45, 7) is 3.98. The van der Waals surface area contributed by atoms with Crippen molar-refractivity contribution in [2.75, 3.05) is 23.3 Å². The van der Waals surface area contributed by atoms with Gasteiger partial charge in [0.1, 0.15) is 0 Å². The van der Waals surface area contributed by atoms with Gasteiger partial charge in [0.25, 0.3) is 0 Å². The molecule has 0 N–H and O–H groups in total. The maximum atomic E-state index is 4.25. The summed E-state index contributed by atoms with van der Waals surface area (Å²) in [6, 6.07) is 0. The van der Waals surface area contributed by atoms with Crippen molar-refractivity contribution < 1.29 is 0 Å².